The van der Waals surface area contributed by atoms with E-state index in [9.17, 15) is 29.2 Å². The molecule has 2 amide bonds. The van der Waals surface area contributed by atoms with Gasteiger partial charge in [0, 0.05) is 92.3 Å². The van der Waals surface area contributed by atoms with Gasteiger partial charge in [0.2, 0.25) is 11.8 Å². The highest BCUT2D eigenvalue weighted by Gasteiger charge is 2.36. The van der Waals surface area contributed by atoms with E-state index in [0.29, 0.717) is 50.7 Å². The number of nitrogens with one attached hydrogen (secondary N) is 1. The second-order valence-corrected chi connectivity index (χ2v) is 16.6. The van der Waals surface area contributed by atoms with Gasteiger partial charge in [0.15, 0.2) is 23.2 Å². The summed E-state index contributed by atoms with van der Waals surface area (Å²) >= 11 is 0. The molecule has 1 aliphatic heterocycles. The standard InChI is InChI=1S/C50H62N8O7/c1-5-6-8-34-29-55-48(56-30-34)36-11-13-38(31(2)23-36)43(60)28-37(16-18-52)50(63)58(4)47-35-12-15-46(65-22-20-54)40(27-35)39-25-33(10-14-45(39)64-21-19-53)26-41(42(59)9-7-17-51)57-49(62)32(3)24-44(47)61/h10-15,23,25,27,29-30,32,37,41,47H,5-9,16,18-22,24,26,28,52-54H2,1-4H3,(H,57,62)/t32-,37-,41+,47+/m1/s1. The minimum absolute atomic E-state index is 0.0285. The molecule has 1 aromatic heterocycles. The minimum atomic E-state index is -1.22. The molecule has 15 nitrogen and oxygen atoms in total. The molecule has 0 spiro atoms. The first kappa shape index (κ1) is 49.7. The molecule has 4 bridgehead atoms. The maximum Gasteiger partial charge on any atom is 0.226 e. The molecule has 2 heterocycles. The molecule has 0 radical (unpaired) electrons. The number of nitriles is 1. The Kier molecular flexibility index (Phi) is 18.4. The molecular formula is C50H62N8O7. The number of aromatic nitrogens is 2. The first-order chi connectivity index (χ1) is 31.3. The van der Waals surface area contributed by atoms with Crippen LogP contribution in [0.2, 0.25) is 0 Å². The summed E-state index contributed by atoms with van der Waals surface area (Å²) in [6.45, 7) is 6.44. The maximum absolute atomic E-state index is 14.7. The van der Waals surface area contributed by atoms with Crippen molar-refractivity contribution < 1.29 is 33.4 Å². The van der Waals surface area contributed by atoms with Gasteiger partial charge >= 0.3 is 0 Å². The number of rotatable bonds is 20. The van der Waals surface area contributed by atoms with E-state index in [-0.39, 0.29) is 82.9 Å². The first-order valence-corrected chi connectivity index (χ1v) is 22.4. The predicted molar refractivity (Wildman–Crippen MR) is 248 cm³/mol. The topological polar surface area (TPSA) is 247 Å². The second kappa shape index (κ2) is 24.1. The number of aryl methyl sites for hydroxylation is 2. The molecule has 1 aliphatic rings. The van der Waals surface area contributed by atoms with Crippen LogP contribution in [0.3, 0.4) is 0 Å². The molecular weight excluding hydrogens is 825 g/mol. The van der Waals surface area contributed by atoms with E-state index in [0.717, 1.165) is 30.4 Å². The number of unbranched alkanes of at least 4 members (excludes halogenated alkanes) is 1. The van der Waals surface area contributed by atoms with E-state index in [2.05, 4.69) is 22.2 Å². The van der Waals surface area contributed by atoms with Crippen LogP contribution in [0.1, 0.15) is 97.4 Å². The molecule has 15 heteroatoms. The third-order valence-corrected chi connectivity index (χ3v) is 11.6. The number of carbonyl (C=O) groups excluding carboxylic acids is 5. The van der Waals surface area contributed by atoms with Crippen LogP contribution in [-0.4, -0.2) is 90.0 Å². The third-order valence-electron chi connectivity index (χ3n) is 11.6. The van der Waals surface area contributed by atoms with Gasteiger partial charge in [0.05, 0.1) is 12.1 Å². The molecule has 0 saturated heterocycles. The molecule has 7 N–H and O–H groups in total. The number of ether oxygens (including phenoxy) is 2. The fraction of sp³-hybridized carbons (Fsp3) is 0.440. The van der Waals surface area contributed by atoms with Gasteiger partial charge in [0.1, 0.15) is 30.8 Å². The largest absolute Gasteiger partial charge is 0.492 e. The number of Topliss-reactive ketones (excluding diaryl/α,β-unsaturated/α-hetero) is 3. The van der Waals surface area contributed by atoms with Gasteiger partial charge in [-0.2, -0.15) is 5.26 Å². The first-order valence-electron chi connectivity index (χ1n) is 22.4. The van der Waals surface area contributed by atoms with Crippen LogP contribution >= 0.6 is 0 Å². The minimum Gasteiger partial charge on any atom is -0.492 e. The molecule has 3 aromatic carbocycles. The molecule has 5 rings (SSSR count). The lowest BCUT2D eigenvalue weighted by Crippen LogP contribution is -2.46. The van der Waals surface area contributed by atoms with Crippen molar-refractivity contribution in [2.75, 3.05) is 39.9 Å². The van der Waals surface area contributed by atoms with Crippen LogP contribution < -0.4 is 32.0 Å². The Labute approximate surface area is 381 Å². The number of hydrogen-bond donors (Lipinski definition) is 4. The molecule has 0 unspecified atom stereocenters. The third kappa shape index (κ3) is 12.9. The molecule has 4 atom stereocenters. The van der Waals surface area contributed by atoms with Crippen LogP contribution in [0.15, 0.2) is 67.0 Å². The van der Waals surface area contributed by atoms with E-state index in [1.165, 1.54) is 11.9 Å². The number of fused-ring (bicyclic) bond motifs is 5. The van der Waals surface area contributed by atoms with Gasteiger partial charge in [-0.3, -0.25) is 24.0 Å². The zero-order valence-corrected chi connectivity index (χ0v) is 37.9. The highest BCUT2D eigenvalue weighted by atomic mass is 16.5. The Morgan fingerprint density at radius 2 is 1.60 bits per heavy atom. The summed E-state index contributed by atoms with van der Waals surface area (Å²) in [5.74, 6) is -2.45. The van der Waals surface area contributed by atoms with E-state index in [1.807, 2.05) is 37.5 Å². The van der Waals surface area contributed by atoms with Crippen molar-refractivity contribution in [3.8, 4) is 40.1 Å². The van der Waals surface area contributed by atoms with Crippen molar-refractivity contribution in [2.45, 2.75) is 90.6 Å². The summed E-state index contributed by atoms with van der Waals surface area (Å²) in [5, 5.41) is 12.1. The van der Waals surface area contributed by atoms with Gasteiger partial charge in [0.25, 0.3) is 0 Å². The molecule has 0 fully saturated rings. The number of nitrogens with two attached hydrogens (primary N) is 3. The van der Waals surface area contributed by atoms with Gasteiger partial charge < -0.3 is 36.9 Å². The average Bonchev–Trinajstić information content (AvgIpc) is 3.30. The predicted octanol–water partition coefficient (Wildman–Crippen LogP) is 5.38. The van der Waals surface area contributed by atoms with E-state index >= 15 is 0 Å². The summed E-state index contributed by atoms with van der Waals surface area (Å²) < 4.78 is 12.3. The zero-order valence-electron chi connectivity index (χ0n) is 37.9. The Morgan fingerprint density at radius 3 is 2.23 bits per heavy atom. The van der Waals surface area contributed by atoms with Crippen molar-refractivity contribution in [1.29, 1.82) is 5.26 Å². The van der Waals surface area contributed by atoms with Crippen molar-refractivity contribution in [1.82, 2.24) is 20.2 Å². The Balaban J connectivity index is 1.54. The zero-order chi connectivity index (χ0) is 47.0. The Bertz CT molecular complexity index is 2360. The van der Waals surface area contributed by atoms with Crippen LogP contribution in [0, 0.1) is 30.1 Å². The van der Waals surface area contributed by atoms with Crippen LogP contribution in [-0.2, 0) is 32.0 Å². The van der Waals surface area contributed by atoms with E-state index < -0.39 is 41.5 Å². The second-order valence-electron chi connectivity index (χ2n) is 16.6. The summed E-state index contributed by atoms with van der Waals surface area (Å²) in [4.78, 5) is 81.2. The van der Waals surface area contributed by atoms with Gasteiger partial charge in [-0.25, -0.2) is 9.97 Å². The molecule has 0 aliphatic carbocycles. The lowest BCUT2D eigenvalue weighted by atomic mass is 9.88. The van der Waals surface area contributed by atoms with Crippen LogP contribution in [0.5, 0.6) is 11.5 Å². The van der Waals surface area contributed by atoms with Crippen LogP contribution in [0.4, 0.5) is 0 Å². The summed E-state index contributed by atoms with van der Waals surface area (Å²) in [5.41, 5.74) is 22.9. The Morgan fingerprint density at radius 1 is 0.923 bits per heavy atom. The number of ketones is 3. The number of likely N-dealkylation sites (N-methyl/N-ethyl adjacent to an activating group) is 1. The normalized spacial score (nSPS) is 16.7. The van der Waals surface area contributed by atoms with E-state index in [4.69, 9.17) is 26.7 Å². The number of benzene rings is 3. The molecule has 344 valence electrons. The fourth-order valence-electron chi connectivity index (χ4n) is 8.10. The van der Waals surface area contributed by atoms with Gasteiger partial charge in [-0.15, -0.1) is 0 Å². The summed E-state index contributed by atoms with van der Waals surface area (Å²) in [6.07, 6.45) is 6.38. The lowest BCUT2D eigenvalue weighted by Gasteiger charge is -2.32. The summed E-state index contributed by atoms with van der Waals surface area (Å²) in [6, 6.07) is 15.7. The van der Waals surface area contributed by atoms with E-state index in [1.54, 1.807) is 49.4 Å². The van der Waals surface area contributed by atoms with Crippen molar-refractivity contribution in [3.63, 3.8) is 0 Å². The highest BCUT2D eigenvalue weighted by Crippen LogP contribution is 2.41. The van der Waals surface area contributed by atoms with Crippen LogP contribution in [0.25, 0.3) is 22.5 Å². The molecule has 0 saturated carbocycles. The quantitative estimate of drug-likeness (QED) is 0.0815. The maximum atomic E-state index is 14.7. The Hall–Kier alpha value is -6.34. The smallest absolute Gasteiger partial charge is 0.226 e. The van der Waals surface area contributed by atoms with Gasteiger partial charge in [-0.1, -0.05) is 44.5 Å². The number of amides is 2. The van der Waals surface area contributed by atoms with Crippen molar-refractivity contribution in [2.24, 2.45) is 29.0 Å². The average molecular weight is 887 g/mol. The van der Waals surface area contributed by atoms with Crippen molar-refractivity contribution in [3.05, 3.63) is 94.8 Å². The fourth-order valence-corrected chi connectivity index (χ4v) is 8.10. The lowest BCUT2D eigenvalue weighted by molar-refractivity contribution is -0.142. The highest BCUT2D eigenvalue weighted by molar-refractivity contribution is 6.01. The van der Waals surface area contributed by atoms with Crippen molar-refractivity contribution >= 4 is 29.2 Å². The number of nitrogens with zero attached hydrogens (tertiary/aromatic N) is 4. The number of carbonyl (C=O) groups is 5. The summed E-state index contributed by atoms with van der Waals surface area (Å²) in [7, 11) is 1.51. The monoisotopic (exact) mass is 886 g/mol. The van der Waals surface area contributed by atoms with Gasteiger partial charge in [-0.05, 0) is 91.7 Å². The molecule has 65 heavy (non-hydrogen) atoms. The molecule has 4 aromatic rings. The number of hydrogen-bond acceptors (Lipinski definition) is 13. The SMILES string of the molecule is CCCCc1cnc(-c2ccc(C(=O)C[C@@H](CCN)C(=O)N(C)[C@@H]3C(=O)C[C@@H](C)C(=O)N[C@H](C(=O)CCC#N)Cc4ccc(OCCN)c(c4)-c4cc3ccc4OCCN)c(C)c2)nc1.